The van der Waals surface area contributed by atoms with E-state index in [4.69, 9.17) is 5.11 Å². The predicted molar refractivity (Wildman–Crippen MR) is 86.5 cm³/mol. The van der Waals surface area contributed by atoms with Crippen LogP contribution in [0.3, 0.4) is 0 Å². The summed E-state index contributed by atoms with van der Waals surface area (Å²) in [5, 5.41) is 18.1. The number of ketones is 1. The normalized spacial score (nSPS) is 22.5. The van der Waals surface area contributed by atoms with Crippen LogP contribution in [0, 0.1) is 11.8 Å². The summed E-state index contributed by atoms with van der Waals surface area (Å²) in [7, 11) is 0. The van der Waals surface area contributed by atoms with Gasteiger partial charge in [-0.2, -0.15) is 0 Å². The number of carboxylic acid groups (broad SMARTS) is 1. The highest BCUT2D eigenvalue weighted by Crippen LogP contribution is 2.29. The highest BCUT2D eigenvalue weighted by molar-refractivity contribution is 5.94. The molecule has 3 unspecified atom stereocenters. The van der Waals surface area contributed by atoms with Crippen LogP contribution in [0.5, 0.6) is 0 Å². The zero-order valence-electron chi connectivity index (χ0n) is 13.4. The van der Waals surface area contributed by atoms with E-state index in [1.165, 1.54) is 0 Å². The van der Waals surface area contributed by atoms with Gasteiger partial charge in [0.05, 0.1) is 6.10 Å². The fourth-order valence-corrected chi connectivity index (χ4v) is 2.75. The summed E-state index contributed by atoms with van der Waals surface area (Å²) < 4.78 is 0. The first-order valence-electron chi connectivity index (χ1n) is 8.34. The van der Waals surface area contributed by atoms with Gasteiger partial charge in [-0.05, 0) is 25.3 Å². The number of carboxylic acids is 1. The van der Waals surface area contributed by atoms with Gasteiger partial charge in [-0.25, -0.2) is 0 Å². The Kier molecular flexibility index (Phi) is 8.75. The standard InChI is InChI=1S/C18H28O4/c1-2-15(19)12-10-14-11-13-17(20)16(14)8-6-4-3-5-7-9-18(21)22/h10-16,19H,2-9H2,1H3,(H,21,22)/b12-10+. The highest BCUT2D eigenvalue weighted by atomic mass is 16.4. The SMILES string of the molecule is CCC(O)/C=C/C1C=CC(=O)C1CCCCCCCC(=O)O. The molecule has 0 aromatic heterocycles. The van der Waals surface area contributed by atoms with Crippen molar-refractivity contribution in [1.82, 2.24) is 0 Å². The van der Waals surface area contributed by atoms with Crippen molar-refractivity contribution >= 4 is 11.8 Å². The lowest BCUT2D eigenvalue weighted by molar-refractivity contribution is -0.137. The minimum Gasteiger partial charge on any atom is -0.481 e. The van der Waals surface area contributed by atoms with Crippen LogP contribution in [0.1, 0.15) is 58.3 Å². The zero-order valence-corrected chi connectivity index (χ0v) is 13.4. The van der Waals surface area contributed by atoms with Crippen LogP contribution in [0.25, 0.3) is 0 Å². The molecular weight excluding hydrogens is 280 g/mol. The Bertz CT molecular complexity index is 411. The second kappa shape index (κ2) is 10.3. The van der Waals surface area contributed by atoms with Gasteiger partial charge in [0.15, 0.2) is 5.78 Å². The molecule has 1 aliphatic carbocycles. The number of hydrogen-bond donors (Lipinski definition) is 2. The number of rotatable bonds is 11. The van der Waals surface area contributed by atoms with E-state index in [2.05, 4.69) is 0 Å². The van der Waals surface area contributed by atoms with Crippen molar-refractivity contribution in [2.75, 3.05) is 0 Å². The third-order valence-electron chi connectivity index (χ3n) is 4.19. The summed E-state index contributed by atoms with van der Waals surface area (Å²) in [4.78, 5) is 22.3. The molecule has 0 aromatic rings. The largest absolute Gasteiger partial charge is 0.481 e. The van der Waals surface area contributed by atoms with Gasteiger partial charge in [-0.3, -0.25) is 9.59 Å². The fourth-order valence-electron chi connectivity index (χ4n) is 2.75. The van der Waals surface area contributed by atoms with E-state index >= 15 is 0 Å². The van der Waals surface area contributed by atoms with E-state index in [-0.39, 0.29) is 24.0 Å². The topological polar surface area (TPSA) is 74.6 Å². The number of carbonyl (C=O) groups excluding carboxylic acids is 1. The van der Waals surface area contributed by atoms with Crippen molar-refractivity contribution in [2.45, 2.75) is 64.4 Å². The van der Waals surface area contributed by atoms with Crippen molar-refractivity contribution in [3.8, 4) is 0 Å². The van der Waals surface area contributed by atoms with Crippen LogP contribution in [0.15, 0.2) is 24.3 Å². The van der Waals surface area contributed by atoms with Crippen molar-refractivity contribution in [3.63, 3.8) is 0 Å². The molecule has 4 heteroatoms. The Morgan fingerprint density at radius 2 is 1.95 bits per heavy atom. The Morgan fingerprint density at radius 1 is 1.27 bits per heavy atom. The summed E-state index contributed by atoms with van der Waals surface area (Å²) in [6.07, 6.45) is 13.4. The number of allylic oxidation sites excluding steroid dienone is 3. The molecule has 0 aromatic carbocycles. The lowest BCUT2D eigenvalue weighted by atomic mass is 9.88. The molecule has 4 nitrogen and oxygen atoms in total. The molecule has 0 saturated carbocycles. The maximum atomic E-state index is 11.9. The van der Waals surface area contributed by atoms with E-state index in [1.807, 2.05) is 19.1 Å². The molecule has 0 radical (unpaired) electrons. The molecule has 1 aliphatic rings. The van der Waals surface area contributed by atoms with Gasteiger partial charge in [-0.1, -0.05) is 50.8 Å². The summed E-state index contributed by atoms with van der Waals surface area (Å²) in [6, 6.07) is 0. The molecule has 0 amide bonds. The highest BCUT2D eigenvalue weighted by Gasteiger charge is 2.27. The van der Waals surface area contributed by atoms with Gasteiger partial charge in [-0.15, -0.1) is 0 Å². The smallest absolute Gasteiger partial charge is 0.303 e. The third-order valence-corrected chi connectivity index (χ3v) is 4.19. The molecular formula is C18H28O4. The molecule has 3 atom stereocenters. The van der Waals surface area contributed by atoms with E-state index < -0.39 is 12.1 Å². The molecule has 2 N–H and O–H groups in total. The second-order valence-electron chi connectivity index (χ2n) is 6.01. The molecule has 22 heavy (non-hydrogen) atoms. The van der Waals surface area contributed by atoms with E-state index in [0.717, 1.165) is 38.5 Å². The lowest BCUT2D eigenvalue weighted by Crippen LogP contribution is -2.15. The maximum absolute atomic E-state index is 11.9. The number of unbranched alkanes of at least 4 members (excludes halogenated alkanes) is 4. The van der Waals surface area contributed by atoms with Crippen LogP contribution in [0.4, 0.5) is 0 Å². The molecule has 0 aliphatic heterocycles. The van der Waals surface area contributed by atoms with Crippen LogP contribution < -0.4 is 0 Å². The first-order valence-corrected chi connectivity index (χ1v) is 8.34. The fraction of sp³-hybridized carbons (Fsp3) is 0.667. The van der Waals surface area contributed by atoms with Crippen molar-refractivity contribution in [3.05, 3.63) is 24.3 Å². The number of aliphatic carboxylic acids is 1. The monoisotopic (exact) mass is 308 g/mol. The van der Waals surface area contributed by atoms with E-state index in [0.29, 0.717) is 6.42 Å². The predicted octanol–water partition coefficient (Wildman–Crippen LogP) is 3.50. The Hall–Kier alpha value is -1.42. The molecule has 0 spiro atoms. The van der Waals surface area contributed by atoms with Gasteiger partial charge >= 0.3 is 5.97 Å². The number of hydrogen-bond acceptors (Lipinski definition) is 3. The average Bonchev–Trinajstić information content (AvgIpc) is 2.84. The van der Waals surface area contributed by atoms with Crippen molar-refractivity contribution in [1.29, 1.82) is 0 Å². The van der Waals surface area contributed by atoms with E-state index in [9.17, 15) is 14.7 Å². The van der Waals surface area contributed by atoms with Crippen LogP contribution in [-0.4, -0.2) is 28.1 Å². The Morgan fingerprint density at radius 3 is 2.64 bits per heavy atom. The molecule has 124 valence electrons. The maximum Gasteiger partial charge on any atom is 0.303 e. The lowest BCUT2D eigenvalue weighted by Gasteiger charge is -2.15. The summed E-state index contributed by atoms with van der Waals surface area (Å²) >= 11 is 0. The zero-order chi connectivity index (χ0) is 16.4. The molecule has 0 saturated heterocycles. The number of aliphatic hydroxyl groups excluding tert-OH is 1. The van der Waals surface area contributed by atoms with Gasteiger partial charge < -0.3 is 10.2 Å². The summed E-state index contributed by atoms with van der Waals surface area (Å²) in [5.41, 5.74) is 0. The molecule has 0 heterocycles. The van der Waals surface area contributed by atoms with Gasteiger partial charge in [0, 0.05) is 18.3 Å². The van der Waals surface area contributed by atoms with Crippen molar-refractivity contribution in [2.24, 2.45) is 11.8 Å². The van der Waals surface area contributed by atoms with Crippen LogP contribution in [0.2, 0.25) is 0 Å². The molecule has 1 rings (SSSR count). The quantitative estimate of drug-likeness (QED) is 0.452. The van der Waals surface area contributed by atoms with Gasteiger partial charge in [0.25, 0.3) is 0 Å². The minimum absolute atomic E-state index is 0.0133. The Labute approximate surface area is 132 Å². The number of carbonyl (C=O) groups is 2. The van der Waals surface area contributed by atoms with Crippen LogP contribution in [-0.2, 0) is 9.59 Å². The first-order chi connectivity index (χ1) is 10.5. The van der Waals surface area contributed by atoms with Gasteiger partial charge in [0.2, 0.25) is 0 Å². The summed E-state index contributed by atoms with van der Waals surface area (Å²) in [6.45, 7) is 1.92. The van der Waals surface area contributed by atoms with Gasteiger partial charge in [0.1, 0.15) is 0 Å². The average molecular weight is 308 g/mol. The number of aliphatic hydroxyl groups is 1. The van der Waals surface area contributed by atoms with Crippen molar-refractivity contribution < 1.29 is 19.8 Å². The summed E-state index contributed by atoms with van der Waals surface area (Å²) in [5.74, 6) is -0.418. The minimum atomic E-state index is -0.730. The third kappa shape index (κ3) is 7.03. The van der Waals surface area contributed by atoms with E-state index in [1.54, 1.807) is 12.2 Å². The van der Waals surface area contributed by atoms with Crippen LogP contribution >= 0.6 is 0 Å². The molecule has 0 fully saturated rings. The second-order valence-corrected chi connectivity index (χ2v) is 6.01. The molecule has 0 bridgehead atoms. The first kappa shape index (κ1) is 18.6. The Balaban J connectivity index is 2.23.